The maximum absolute atomic E-state index is 12.0. The van der Waals surface area contributed by atoms with Crippen molar-refractivity contribution < 1.29 is 23.9 Å². The molecule has 6 heteroatoms. The van der Waals surface area contributed by atoms with Crippen LogP contribution in [0.3, 0.4) is 0 Å². The zero-order valence-corrected chi connectivity index (χ0v) is 13.5. The van der Waals surface area contributed by atoms with Gasteiger partial charge in [0.2, 0.25) is 0 Å². The number of rotatable bonds is 6. The van der Waals surface area contributed by atoms with Gasteiger partial charge in [0.25, 0.3) is 5.91 Å². The first-order valence-corrected chi connectivity index (χ1v) is 7.79. The monoisotopic (exact) mass is 311 g/mol. The molecule has 6 nitrogen and oxygen atoms in total. The lowest BCUT2D eigenvalue weighted by Gasteiger charge is -2.30. The van der Waals surface area contributed by atoms with Gasteiger partial charge in [0.15, 0.2) is 6.10 Å². The molecule has 0 aromatic rings. The number of nitrogens with one attached hydrogen (secondary N) is 1. The Morgan fingerprint density at radius 3 is 2.45 bits per heavy atom. The summed E-state index contributed by atoms with van der Waals surface area (Å²) in [7, 11) is 0. The Morgan fingerprint density at radius 1 is 1.18 bits per heavy atom. The van der Waals surface area contributed by atoms with Crippen molar-refractivity contribution in [1.82, 2.24) is 5.32 Å². The Morgan fingerprint density at radius 2 is 1.82 bits per heavy atom. The molecule has 0 radical (unpaired) electrons. The van der Waals surface area contributed by atoms with Crippen molar-refractivity contribution in [3.63, 3.8) is 0 Å². The topological polar surface area (TPSA) is 81.7 Å². The van der Waals surface area contributed by atoms with Crippen molar-refractivity contribution in [2.24, 2.45) is 5.92 Å². The van der Waals surface area contributed by atoms with Crippen LogP contribution in [0, 0.1) is 5.92 Å². The van der Waals surface area contributed by atoms with Gasteiger partial charge in [-0.25, -0.2) is 9.59 Å². The van der Waals surface area contributed by atoms with Gasteiger partial charge in [0.1, 0.15) is 0 Å². The van der Waals surface area contributed by atoms with Crippen LogP contribution in [0.2, 0.25) is 0 Å². The summed E-state index contributed by atoms with van der Waals surface area (Å²) >= 11 is 0. The van der Waals surface area contributed by atoms with Crippen molar-refractivity contribution in [2.45, 2.75) is 58.6 Å². The molecular formula is C16H25NO5. The summed E-state index contributed by atoms with van der Waals surface area (Å²) in [5, 5.41) is 2.93. The molecule has 1 N–H and O–H groups in total. The molecule has 0 aromatic heterocycles. The van der Waals surface area contributed by atoms with E-state index >= 15 is 0 Å². The summed E-state index contributed by atoms with van der Waals surface area (Å²) in [4.78, 5) is 34.6. The van der Waals surface area contributed by atoms with Gasteiger partial charge in [-0.3, -0.25) is 4.79 Å². The van der Waals surface area contributed by atoms with E-state index in [2.05, 4.69) is 17.0 Å². The standard InChI is InChI=1S/C16H25NO5/c1-4-21-14(18)9-10-15(19)22-12(3)16(20)17-13-8-6-5-7-11(13)2/h9-13H,4-8H2,1-3H3,(H,17,20)/b10-9+/t11-,12-,13-/m0/s1. The molecule has 1 amide bonds. The summed E-state index contributed by atoms with van der Waals surface area (Å²) in [5.74, 6) is -1.24. The van der Waals surface area contributed by atoms with Crippen molar-refractivity contribution in [3.05, 3.63) is 12.2 Å². The fourth-order valence-electron chi connectivity index (χ4n) is 2.42. The molecule has 1 rings (SSSR count). The highest BCUT2D eigenvalue weighted by atomic mass is 16.5. The number of carbonyl (C=O) groups excluding carboxylic acids is 3. The highest BCUT2D eigenvalue weighted by Gasteiger charge is 2.25. The summed E-state index contributed by atoms with van der Waals surface area (Å²) in [6.07, 6.45) is 5.40. The molecule has 0 spiro atoms. The second-order valence-corrected chi connectivity index (χ2v) is 5.54. The Labute approximate surface area is 131 Å². The summed E-state index contributed by atoms with van der Waals surface area (Å²) in [6.45, 7) is 5.53. The van der Waals surface area contributed by atoms with Gasteiger partial charge < -0.3 is 14.8 Å². The lowest BCUT2D eigenvalue weighted by Crippen LogP contribution is -2.45. The van der Waals surface area contributed by atoms with Crippen molar-refractivity contribution >= 4 is 17.8 Å². The van der Waals surface area contributed by atoms with Gasteiger partial charge in [-0.15, -0.1) is 0 Å². The Hall–Kier alpha value is -1.85. The molecule has 1 fully saturated rings. The third-order valence-corrected chi connectivity index (χ3v) is 3.74. The quantitative estimate of drug-likeness (QED) is 0.597. The minimum atomic E-state index is -0.895. The lowest BCUT2D eigenvalue weighted by atomic mass is 9.86. The second kappa shape index (κ2) is 9.23. The zero-order chi connectivity index (χ0) is 16.5. The molecule has 22 heavy (non-hydrogen) atoms. The number of esters is 2. The van der Waals surface area contributed by atoms with Gasteiger partial charge in [0, 0.05) is 18.2 Å². The number of hydrogen-bond acceptors (Lipinski definition) is 5. The molecule has 3 atom stereocenters. The van der Waals surface area contributed by atoms with E-state index in [1.54, 1.807) is 6.92 Å². The van der Waals surface area contributed by atoms with Crippen LogP contribution in [0.15, 0.2) is 12.2 Å². The van der Waals surface area contributed by atoms with E-state index in [-0.39, 0.29) is 18.6 Å². The van der Waals surface area contributed by atoms with E-state index in [0.717, 1.165) is 31.4 Å². The van der Waals surface area contributed by atoms with Gasteiger partial charge in [0.05, 0.1) is 6.61 Å². The van der Waals surface area contributed by atoms with Crippen LogP contribution in [-0.4, -0.2) is 36.6 Å². The van der Waals surface area contributed by atoms with Crippen molar-refractivity contribution in [1.29, 1.82) is 0 Å². The first kappa shape index (κ1) is 18.2. The Balaban J connectivity index is 2.39. The van der Waals surface area contributed by atoms with E-state index in [0.29, 0.717) is 5.92 Å². The fourth-order valence-corrected chi connectivity index (χ4v) is 2.42. The molecule has 0 bridgehead atoms. The van der Waals surface area contributed by atoms with Gasteiger partial charge in [-0.2, -0.15) is 0 Å². The molecule has 1 aliphatic rings. The molecular weight excluding hydrogens is 286 g/mol. The normalized spacial score (nSPS) is 22.9. The largest absolute Gasteiger partial charge is 0.463 e. The predicted octanol–water partition coefficient (Wildman–Crippen LogP) is 1.73. The van der Waals surface area contributed by atoms with Gasteiger partial charge in [-0.1, -0.05) is 19.8 Å². The minimum absolute atomic E-state index is 0.137. The zero-order valence-electron chi connectivity index (χ0n) is 13.5. The van der Waals surface area contributed by atoms with Crippen LogP contribution in [-0.2, 0) is 23.9 Å². The van der Waals surface area contributed by atoms with Crippen LogP contribution in [0.25, 0.3) is 0 Å². The number of amides is 1. The fraction of sp³-hybridized carbons (Fsp3) is 0.688. The SMILES string of the molecule is CCOC(=O)/C=C/C(=O)O[C@@H](C)C(=O)N[C@H]1CCCC[C@@H]1C. The van der Waals surface area contributed by atoms with Crippen molar-refractivity contribution in [3.8, 4) is 0 Å². The molecule has 0 unspecified atom stereocenters. The van der Waals surface area contributed by atoms with E-state index in [9.17, 15) is 14.4 Å². The minimum Gasteiger partial charge on any atom is -0.463 e. The summed E-state index contributed by atoms with van der Waals surface area (Å²) in [5.41, 5.74) is 0. The summed E-state index contributed by atoms with van der Waals surface area (Å²) < 4.78 is 9.62. The van der Waals surface area contributed by atoms with Crippen LogP contribution in [0.5, 0.6) is 0 Å². The number of hydrogen-bond donors (Lipinski definition) is 1. The molecule has 0 aromatic carbocycles. The van der Waals surface area contributed by atoms with E-state index in [1.807, 2.05) is 0 Å². The molecule has 1 saturated carbocycles. The molecule has 0 aliphatic heterocycles. The average molecular weight is 311 g/mol. The molecule has 0 saturated heterocycles. The van der Waals surface area contributed by atoms with E-state index in [1.165, 1.54) is 13.3 Å². The molecule has 0 heterocycles. The first-order chi connectivity index (χ1) is 10.4. The molecule has 1 aliphatic carbocycles. The first-order valence-electron chi connectivity index (χ1n) is 7.79. The highest BCUT2D eigenvalue weighted by molar-refractivity contribution is 5.93. The lowest BCUT2D eigenvalue weighted by molar-refractivity contribution is -0.151. The Bertz CT molecular complexity index is 432. The summed E-state index contributed by atoms with van der Waals surface area (Å²) in [6, 6.07) is 0.137. The van der Waals surface area contributed by atoms with Crippen LogP contribution in [0.1, 0.15) is 46.5 Å². The average Bonchev–Trinajstić information content (AvgIpc) is 2.47. The van der Waals surface area contributed by atoms with E-state index in [4.69, 9.17) is 4.74 Å². The van der Waals surface area contributed by atoms with Crippen LogP contribution in [0.4, 0.5) is 0 Å². The predicted molar refractivity (Wildman–Crippen MR) is 80.9 cm³/mol. The molecule has 124 valence electrons. The number of carbonyl (C=O) groups is 3. The number of ether oxygens (including phenoxy) is 2. The van der Waals surface area contributed by atoms with E-state index < -0.39 is 18.0 Å². The van der Waals surface area contributed by atoms with Gasteiger partial charge in [-0.05, 0) is 32.6 Å². The third kappa shape index (κ3) is 6.28. The smallest absolute Gasteiger partial charge is 0.331 e. The van der Waals surface area contributed by atoms with Crippen molar-refractivity contribution in [2.75, 3.05) is 6.61 Å². The second-order valence-electron chi connectivity index (χ2n) is 5.54. The highest BCUT2D eigenvalue weighted by Crippen LogP contribution is 2.23. The van der Waals surface area contributed by atoms with Crippen LogP contribution >= 0.6 is 0 Å². The third-order valence-electron chi connectivity index (χ3n) is 3.74. The van der Waals surface area contributed by atoms with Crippen LogP contribution < -0.4 is 5.32 Å². The van der Waals surface area contributed by atoms with Gasteiger partial charge >= 0.3 is 11.9 Å². The maximum Gasteiger partial charge on any atom is 0.331 e. The maximum atomic E-state index is 12.0. The Kier molecular flexibility index (Phi) is 7.63.